The average molecular weight is 591 g/mol. The van der Waals surface area contributed by atoms with Crippen LogP contribution in [-0.2, 0) is 0 Å². The SMILES string of the molecule is O=C(NN1CSC(=S)N(CCCCCCN2CN(NC(=O)c3ccncc3)CSC2=S)C1)c1ccncc1. The van der Waals surface area contributed by atoms with E-state index in [0.717, 1.165) is 47.4 Å². The van der Waals surface area contributed by atoms with Crippen LogP contribution in [0.5, 0.6) is 0 Å². The summed E-state index contributed by atoms with van der Waals surface area (Å²) in [6.45, 7) is 2.84. The second-order valence-electron chi connectivity index (χ2n) is 8.74. The second kappa shape index (κ2) is 14.7. The number of nitrogens with zero attached hydrogens (tertiary/aromatic N) is 6. The number of hydrogen-bond donors (Lipinski definition) is 2. The molecule has 2 aliphatic rings. The molecule has 2 N–H and O–H groups in total. The summed E-state index contributed by atoms with van der Waals surface area (Å²) in [4.78, 5) is 37.1. The first-order valence-corrected chi connectivity index (χ1v) is 15.0. The number of carbonyl (C=O) groups excluding carboxylic acids is 2. The highest BCUT2D eigenvalue weighted by Crippen LogP contribution is 2.20. The molecule has 2 aromatic rings. The van der Waals surface area contributed by atoms with Crippen LogP contribution >= 0.6 is 48.0 Å². The van der Waals surface area contributed by atoms with Crippen molar-refractivity contribution in [2.24, 2.45) is 0 Å². The van der Waals surface area contributed by atoms with Crippen LogP contribution in [0.15, 0.2) is 49.1 Å². The third-order valence-electron chi connectivity index (χ3n) is 5.90. The lowest BCUT2D eigenvalue weighted by Crippen LogP contribution is -2.52. The fraction of sp³-hybridized carbons (Fsp3) is 0.417. The Bertz CT molecular complexity index is 1020. The molecule has 2 fully saturated rings. The summed E-state index contributed by atoms with van der Waals surface area (Å²) in [5.41, 5.74) is 7.06. The van der Waals surface area contributed by atoms with Crippen molar-refractivity contribution in [3.05, 3.63) is 60.2 Å². The smallest absolute Gasteiger partial charge is 0.265 e. The predicted octanol–water partition coefficient (Wildman–Crippen LogP) is 3.13. The molecule has 2 aromatic heterocycles. The molecule has 2 aliphatic heterocycles. The van der Waals surface area contributed by atoms with Crippen molar-refractivity contribution in [1.82, 2.24) is 40.6 Å². The number of unbranched alkanes of at least 4 members (excludes halogenated alkanes) is 3. The van der Waals surface area contributed by atoms with E-state index in [1.807, 2.05) is 10.0 Å². The van der Waals surface area contributed by atoms with Gasteiger partial charge in [-0.3, -0.25) is 30.4 Å². The first-order chi connectivity index (χ1) is 18.5. The normalized spacial score (nSPS) is 16.9. The molecular formula is C24H30N8O2S4. The number of hydrazine groups is 2. The van der Waals surface area contributed by atoms with Crippen molar-refractivity contribution < 1.29 is 9.59 Å². The molecule has 0 spiro atoms. The number of thiocarbonyl (C=S) groups is 2. The van der Waals surface area contributed by atoms with Gasteiger partial charge in [-0.2, -0.15) is 10.0 Å². The highest BCUT2D eigenvalue weighted by Gasteiger charge is 2.24. The number of carbonyl (C=O) groups is 2. The average Bonchev–Trinajstić information content (AvgIpc) is 2.94. The lowest BCUT2D eigenvalue weighted by atomic mass is 10.2. The lowest BCUT2D eigenvalue weighted by molar-refractivity contribution is 0.0740. The van der Waals surface area contributed by atoms with Gasteiger partial charge in [0.1, 0.15) is 8.64 Å². The van der Waals surface area contributed by atoms with E-state index in [1.165, 1.54) is 0 Å². The molecule has 38 heavy (non-hydrogen) atoms. The number of rotatable bonds is 11. The molecule has 0 aliphatic carbocycles. The Morgan fingerprint density at radius 3 is 1.50 bits per heavy atom. The van der Waals surface area contributed by atoms with Crippen LogP contribution < -0.4 is 10.9 Å². The number of hydrogen-bond acceptors (Lipinski definition) is 10. The van der Waals surface area contributed by atoms with Gasteiger partial charge < -0.3 is 9.80 Å². The van der Waals surface area contributed by atoms with Crippen molar-refractivity contribution in [2.75, 3.05) is 38.2 Å². The lowest BCUT2D eigenvalue weighted by Gasteiger charge is -2.37. The Labute approximate surface area is 241 Å². The van der Waals surface area contributed by atoms with Gasteiger partial charge in [0, 0.05) is 49.0 Å². The minimum absolute atomic E-state index is 0.148. The fourth-order valence-corrected chi connectivity index (χ4v) is 6.00. The van der Waals surface area contributed by atoms with E-state index in [9.17, 15) is 9.59 Å². The van der Waals surface area contributed by atoms with Gasteiger partial charge in [0.15, 0.2) is 0 Å². The Morgan fingerprint density at radius 2 is 1.11 bits per heavy atom. The van der Waals surface area contributed by atoms with E-state index in [2.05, 4.69) is 30.6 Å². The molecule has 2 amide bonds. The maximum atomic E-state index is 12.4. The zero-order valence-electron chi connectivity index (χ0n) is 20.8. The van der Waals surface area contributed by atoms with E-state index in [4.69, 9.17) is 24.4 Å². The van der Waals surface area contributed by atoms with Crippen LogP contribution in [-0.4, -0.2) is 88.4 Å². The van der Waals surface area contributed by atoms with E-state index in [-0.39, 0.29) is 11.8 Å². The van der Waals surface area contributed by atoms with Gasteiger partial charge in [0.2, 0.25) is 0 Å². The van der Waals surface area contributed by atoms with Gasteiger partial charge in [0.05, 0.1) is 25.1 Å². The summed E-state index contributed by atoms with van der Waals surface area (Å²) in [5.74, 6) is 0.954. The molecule has 10 nitrogen and oxygen atoms in total. The molecule has 2 saturated heterocycles. The molecular weight excluding hydrogens is 561 g/mol. The van der Waals surface area contributed by atoms with Crippen molar-refractivity contribution >= 4 is 68.4 Å². The quantitative estimate of drug-likeness (QED) is 0.297. The van der Waals surface area contributed by atoms with Gasteiger partial charge >= 0.3 is 0 Å². The molecule has 0 aromatic carbocycles. The molecule has 0 saturated carbocycles. The van der Waals surface area contributed by atoms with Crippen LogP contribution in [0, 0.1) is 0 Å². The summed E-state index contributed by atoms with van der Waals surface area (Å²) < 4.78 is 1.73. The van der Waals surface area contributed by atoms with Crippen molar-refractivity contribution in [3.8, 4) is 0 Å². The minimum Gasteiger partial charge on any atom is -0.343 e. The number of amides is 2. The van der Waals surface area contributed by atoms with E-state index in [0.29, 0.717) is 36.2 Å². The third-order valence-corrected chi connectivity index (χ3v) is 9.01. The van der Waals surface area contributed by atoms with Gasteiger partial charge in [-0.15, -0.1) is 0 Å². The number of nitrogens with one attached hydrogen (secondary N) is 2. The summed E-state index contributed by atoms with van der Waals surface area (Å²) in [6.07, 6.45) is 10.6. The standard InChI is InChI=1S/C24H30N8O2S4/c33-21(19-5-9-25-10-6-19)27-31-15-29(23(35)37-17-31)13-3-1-2-4-14-30-16-32(18-38-24(30)36)28-22(34)20-7-11-26-12-8-20/h5-12H,1-4,13-18H2,(H,27,33)(H,28,34). The van der Waals surface area contributed by atoms with Gasteiger partial charge in [0.25, 0.3) is 11.8 Å². The molecule has 0 unspecified atom stereocenters. The molecule has 4 heterocycles. The molecule has 14 heteroatoms. The summed E-state index contributed by atoms with van der Waals surface area (Å²) >= 11 is 14.2. The number of aromatic nitrogens is 2. The first kappa shape index (κ1) is 28.6. The van der Waals surface area contributed by atoms with Gasteiger partial charge in [-0.25, -0.2) is 0 Å². The second-order valence-corrected chi connectivity index (χ2v) is 11.9. The zero-order valence-corrected chi connectivity index (χ0v) is 24.1. The monoisotopic (exact) mass is 590 g/mol. The van der Waals surface area contributed by atoms with Crippen molar-refractivity contribution in [1.29, 1.82) is 0 Å². The molecule has 0 atom stereocenters. The Hall–Kier alpha value is -2.36. The van der Waals surface area contributed by atoms with Crippen LogP contribution in [0.1, 0.15) is 46.4 Å². The summed E-state index contributed by atoms with van der Waals surface area (Å²) in [7, 11) is 0. The third kappa shape index (κ3) is 8.58. The van der Waals surface area contributed by atoms with Gasteiger partial charge in [-0.05, 0) is 37.1 Å². The Morgan fingerprint density at radius 1 is 0.711 bits per heavy atom. The topological polar surface area (TPSA) is 96.9 Å². The zero-order chi connectivity index (χ0) is 26.7. The van der Waals surface area contributed by atoms with Crippen LogP contribution in [0.3, 0.4) is 0 Å². The van der Waals surface area contributed by atoms with Crippen molar-refractivity contribution in [3.63, 3.8) is 0 Å². The summed E-state index contributed by atoms with van der Waals surface area (Å²) in [5, 5.41) is 3.77. The predicted molar refractivity (Wildman–Crippen MR) is 159 cm³/mol. The van der Waals surface area contributed by atoms with Crippen LogP contribution in [0.2, 0.25) is 0 Å². The molecule has 4 rings (SSSR count). The number of thioether (sulfide) groups is 2. The van der Waals surface area contributed by atoms with E-state index < -0.39 is 0 Å². The number of pyridine rings is 2. The minimum atomic E-state index is -0.148. The van der Waals surface area contributed by atoms with E-state index >= 15 is 0 Å². The van der Waals surface area contributed by atoms with E-state index in [1.54, 1.807) is 72.6 Å². The molecule has 0 radical (unpaired) electrons. The van der Waals surface area contributed by atoms with Crippen LogP contribution in [0.25, 0.3) is 0 Å². The van der Waals surface area contributed by atoms with Crippen molar-refractivity contribution in [2.45, 2.75) is 25.7 Å². The largest absolute Gasteiger partial charge is 0.343 e. The maximum absolute atomic E-state index is 12.4. The Balaban J connectivity index is 1.12. The summed E-state index contributed by atoms with van der Waals surface area (Å²) in [6, 6.07) is 6.78. The van der Waals surface area contributed by atoms with Crippen LogP contribution in [0.4, 0.5) is 0 Å². The highest BCUT2D eigenvalue weighted by molar-refractivity contribution is 8.23. The Kier molecular flexibility index (Phi) is 11.1. The molecule has 0 bridgehead atoms. The van der Waals surface area contributed by atoms with Gasteiger partial charge in [-0.1, -0.05) is 60.8 Å². The molecule has 202 valence electrons. The first-order valence-electron chi connectivity index (χ1n) is 12.2. The fourth-order valence-electron chi connectivity index (χ4n) is 3.90. The maximum Gasteiger partial charge on any atom is 0.265 e. The highest BCUT2D eigenvalue weighted by atomic mass is 32.2.